The highest BCUT2D eigenvalue weighted by Gasteiger charge is 2.25. The van der Waals surface area contributed by atoms with Gasteiger partial charge in [0, 0.05) is 37.9 Å². The van der Waals surface area contributed by atoms with E-state index in [1.165, 1.54) is 24.1 Å². The zero-order valence-electron chi connectivity index (χ0n) is 11.4. The summed E-state index contributed by atoms with van der Waals surface area (Å²) in [4.78, 5) is 4.75. The van der Waals surface area contributed by atoms with E-state index in [1.54, 1.807) is 0 Å². The van der Waals surface area contributed by atoms with Crippen LogP contribution in [-0.4, -0.2) is 42.2 Å². The smallest absolute Gasteiger partial charge is 0.169 e. The second kappa shape index (κ2) is 5.37. The number of aryl methyl sites for hydroxylation is 1. The Morgan fingerprint density at radius 3 is 2.58 bits per heavy atom. The van der Waals surface area contributed by atoms with E-state index in [0.717, 1.165) is 31.3 Å². The van der Waals surface area contributed by atoms with Crippen LogP contribution in [0, 0.1) is 6.92 Å². The first kappa shape index (κ1) is 12.7. The van der Waals surface area contributed by atoms with Crippen LogP contribution in [0.25, 0.3) is 0 Å². The number of hydrogen-bond acceptors (Lipinski definition) is 2. The molecule has 19 heavy (non-hydrogen) atoms. The molecule has 1 aliphatic carbocycles. The molecule has 0 unspecified atom stereocenters. The highest BCUT2D eigenvalue weighted by molar-refractivity contribution is 7.80. The summed E-state index contributed by atoms with van der Waals surface area (Å²) in [5, 5.41) is 4.38. The van der Waals surface area contributed by atoms with Crippen LogP contribution in [-0.2, 0) is 0 Å². The summed E-state index contributed by atoms with van der Waals surface area (Å²) in [5.41, 5.74) is 2.66. The Morgan fingerprint density at radius 1 is 1.21 bits per heavy atom. The van der Waals surface area contributed by atoms with E-state index in [-0.39, 0.29) is 0 Å². The van der Waals surface area contributed by atoms with Crippen LogP contribution < -0.4 is 10.2 Å². The molecule has 4 heteroatoms. The van der Waals surface area contributed by atoms with Gasteiger partial charge in [0.05, 0.1) is 0 Å². The molecule has 0 atom stereocenters. The lowest BCUT2D eigenvalue weighted by Gasteiger charge is -2.37. The van der Waals surface area contributed by atoms with Crippen LogP contribution in [0.5, 0.6) is 0 Å². The number of benzene rings is 1. The zero-order chi connectivity index (χ0) is 13.2. The van der Waals surface area contributed by atoms with Crippen LogP contribution in [0.4, 0.5) is 5.69 Å². The molecule has 0 aromatic heterocycles. The van der Waals surface area contributed by atoms with Gasteiger partial charge in [0.2, 0.25) is 0 Å². The molecule has 0 bridgehead atoms. The number of rotatable bonds is 2. The maximum absolute atomic E-state index is 5.46. The van der Waals surface area contributed by atoms with E-state index in [9.17, 15) is 0 Å². The average Bonchev–Trinajstić information content (AvgIpc) is 3.23. The number of nitrogens with one attached hydrogen (secondary N) is 1. The first-order valence-corrected chi connectivity index (χ1v) is 7.50. The standard InChI is InChI=1S/C15H21N3S/c1-12-3-2-4-14(11-12)17-7-9-18(10-8-17)15(19)16-13-5-6-13/h2-4,11,13H,5-10H2,1H3,(H,16,19). The monoisotopic (exact) mass is 275 g/mol. The molecular weight excluding hydrogens is 254 g/mol. The summed E-state index contributed by atoms with van der Waals surface area (Å²) in [5.74, 6) is 0. The Kier molecular flexibility index (Phi) is 3.60. The van der Waals surface area contributed by atoms with Crippen molar-refractivity contribution in [3.05, 3.63) is 29.8 Å². The van der Waals surface area contributed by atoms with Gasteiger partial charge in [0.25, 0.3) is 0 Å². The summed E-state index contributed by atoms with van der Waals surface area (Å²) in [7, 11) is 0. The average molecular weight is 275 g/mol. The predicted octanol–water partition coefficient (Wildman–Crippen LogP) is 2.15. The van der Waals surface area contributed by atoms with Crippen molar-refractivity contribution in [2.45, 2.75) is 25.8 Å². The molecular formula is C15H21N3S. The van der Waals surface area contributed by atoms with Gasteiger partial charge in [-0.3, -0.25) is 0 Å². The van der Waals surface area contributed by atoms with E-state index in [4.69, 9.17) is 12.2 Å². The van der Waals surface area contributed by atoms with Crippen molar-refractivity contribution >= 4 is 23.0 Å². The van der Waals surface area contributed by atoms with Crippen molar-refractivity contribution in [1.29, 1.82) is 0 Å². The van der Waals surface area contributed by atoms with Crippen molar-refractivity contribution in [3.8, 4) is 0 Å². The molecule has 1 aliphatic heterocycles. The SMILES string of the molecule is Cc1cccc(N2CCN(C(=S)NC3CC3)CC2)c1. The van der Waals surface area contributed by atoms with Crippen molar-refractivity contribution in [1.82, 2.24) is 10.2 Å². The second-order valence-electron chi connectivity index (χ2n) is 5.54. The summed E-state index contributed by atoms with van der Waals surface area (Å²) in [6.07, 6.45) is 2.56. The zero-order valence-corrected chi connectivity index (χ0v) is 12.2. The third-order valence-corrected chi connectivity index (χ3v) is 4.21. The van der Waals surface area contributed by atoms with Gasteiger partial charge < -0.3 is 15.1 Å². The Balaban J connectivity index is 1.55. The molecule has 1 N–H and O–H groups in total. The third-order valence-electron chi connectivity index (χ3n) is 3.84. The van der Waals surface area contributed by atoms with Crippen LogP contribution >= 0.6 is 12.2 Å². The van der Waals surface area contributed by atoms with Gasteiger partial charge in [0.15, 0.2) is 5.11 Å². The minimum atomic E-state index is 0.655. The molecule has 0 spiro atoms. The first-order valence-electron chi connectivity index (χ1n) is 7.09. The van der Waals surface area contributed by atoms with Crippen LogP contribution in [0.1, 0.15) is 18.4 Å². The molecule has 1 saturated carbocycles. The van der Waals surface area contributed by atoms with Crippen molar-refractivity contribution < 1.29 is 0 Å². The van der Waals surface area contributed by atoms with Gasteiger partial charge in [0.1, 0.15) is 0 Å². The molecule has 2 aliphatic rings. The van der Waals surface area contributed by atoms with E-state index in [0.29, 0.717) is 6.04 Å². The Bertz CT molecular complexity index is 462. The largest absolute Gasteiger partial charge is 0.368 e. The van der Waals surface area contributed by atoms with Gasteiger partial charge in [-0.25, -0.2) is 0 Å². The Labute approximate surface area is 120 Å². The van der Waals surface area contributed by atoms with E-state index in [1.807, 2.05) is 0 Å². The quantitative estimate of drug-likeness (QED) is 0.833. The summed E-state index contributed by atoms with van der Waals surface area (Å²) >= 11 is 5.46. The molecule has 0 radical (unpaired) electrons. The number of nitrogens with zero attached hydrogens (tertiary/aromatic N) is 2. The van der Waals surface area contributed by atoms with Gasteiger partial charge in [-0.2, -0.15) is 0 Å². The maximum atomic E-state index is 5.46. The van der Waals surface area contributed by atoms with Gasteiger partial charge in [-0.15, -0.1) is 0 Å². The summed E-state index contributed by atoms with van der Waals surface area (Å²) in [6.45, 7) is 6.29. The molecule has 2 fully saturated rings. The van der Waals surface area contributed by atoms with Crippen LogP contribution in [0.3, 0.4) is 0 Å². The normalized spacial score (nSPS) is 19.4. The molecule has 1 aromatic rings. The third kappa shape index (κ3) is 3.18. The van der Waals surface area contributed by atoms with Crippen LogP contribution in [0.15, 0.2) is 24.3 Å². The summed E-state index contributed by atoms with van der Waals surface area (Å²) in [6, 6.07) is 9.40. The topological polar surface area (TPSA) is 18.5 Å². The molecule has 1 saturated heterocycles. The lowest BCUT2D eigenvalue weighted by molar-refractivity contribution is 0.380. The molecule has 1 aromatic carbocycles. The molecule has 0 amide bonds. The van der Waals surface area contributed by atoms with E-state index in [2.05, 4.69) is 46.3 Å². The lowest BCUT2D eigenvalue weighted by Crippen LogP contribution is -2.52. The maximum Gasteiger partial charge on any atom is 0.169 e. The first-order chi connectivity index (χ1) is 9.22. The predicted molar refractivity (Wildman–Crippen MR) is 83.7 cm³/mol. The van der Waals surface area contributed by atoms with Gasteiger partial charge >= 0.3 is 0 Å². The number of anilines is 1. The van der Waals surface area contributed by atoms with Gasteiger partial charge in [-0.1, -0.05) is 12.1 Å². The molecule has 3 nitrogen and oxygen atoms in total. The highest BCUT2D eigenvalue weighted by atomic mass is 32.1. The number of thiocarbonyl (C=S) groups is 1. The number of hydrogen-bond donors (Lipinski definition) is 1. The minimum absolute atomic E-state index is 0.655. The fraction of sp³-hybridized carbons (Fsp3) is 0.533. The van der Waals surface area contributed by atoms with Crippen molar-refractivity contribution in [2.75, 3.05) is 31.1 Å². The molecule has 1 heterocycles. The second-order valence-corrected chi connectivity index (χ2v) is 5.92. The Hall–Kier alpha value is -1.29. The van der Waals surface area contributed by atoms with Crippen molar-refractivity contribution in [3.63, 3.8) is 0 Å². The lowest BCUT2D eigenvalue weighted by atomic mass is 10.2. The molecule has 3 rings (SSSR count). The fourth-order valence-corrected chi connectivity index (χ4v) is 2.84. The highest BCUT2D eigenvalue weighted by Crippen LogP contribution is 2.20. The minimum Gasteiger partial charge on any atom is -0.368 e. The molecule has 102 valence electrons. The Morgan fingerprint density at radius 2 is 1.95 bits per heavy atom. The van der Waals surface area contributed by atoms with E-state index >= 15 is 0 Å². The summed E-state index contributed by atoms with van der Waals surface area (Å²) < 4.78 is 0. The van der Waals surface area contributed by atoms with Crippen LogP contribution in [0.2, 0.25) is 0 Å². The van der Waals surface area contributed by atoms with Gasteiger partial charge in [-0.05, 0) is 49.7 Å². The van der Waals surface area contributed by atoms with Crippen molar-refractivity contribution in [2.24, 2.45) is 0 Å². The number of piperazine rings is 1. The fourth-order valence-electron chi connectivity index (χ4n) is 2.49. The van der Waals surface area contributed by atoms with E-state index < -0.39 is 0 Å².